The molecule has 3 aromatic rings. The fraction of sp³-hybridized carbons (Fsp3) is 0.167. The average Bonchev–Trinajstić information content (AvgIpc) is 2.76. The first-order valence-electron chi connectivity index (χ1n) is 9.32. The lowest BCUT2D eigenvalue weighted by molar-refractivity contribution is 0.0955. The van der Waals surface area contributed by atoms with Crippen LogP contribution in [0.25, 0.3) is 0 Å². The molecule has 3 rings (SSSR count). The van der Waals surface area contributed by atoms with Crippen molar-refractivity contribution in [2.75, 3.05) is 7.11 Å². The highest BCUT2D eigenvalue weighted by Crippen LogP contribution is 2.15. The lowest BCUT2D eigenvalue weighted by atomic mass is 10.1. The predicted molar refractivity (Wildman–Crippen MR) is 115 cm³/mol. The number of benzene rings is 3. The van der Waals surface area contributed by atoms with Crippen LogP contribution in [0.2, 0.25) is 0 Å². The van der Waals surface area contributed by atoms with Crippen LogP contribution in [0.4, 0.5) is 0 Å². The SMILES string of the molecule is COc1ccc(/C(C)=N/NC(=O)c2ccc(OCc3cccc(C)c3)cc2)cc1. The summed E-state index contributed by atoms with van der Waals surface area (Å²) in [6.07, 6.45) is 0. The van der Waals surface area contributed by atoms with Crippen LogP contribution in [-0.4, -0.2) is 18.7 Å². The number of hydrogen-bond donors (Lipinski definition) is 1. The number of hydrogen-bond acceptors (Lipinski definition) is 4. The van der Waals surface area contributed by atoms with Gasteiger partial charge >= 0.3 is 0 Å². The molecule has 1 N–H and O–H groups in total. The molecule has 0 heterocycles. The fourth-order valence-electron chi connectivity index (χ4n) is 2.77. The molecule has 0 aliphatic heterocycles. The molecular formula is C24H24N2O3. The van der Waals surface area contributed by atoms with Gasteiger partial charge in [-0.2, -0.15) is 5.10 Å². The maximum absolute atomic E-state index is 12.3. The number of carbonyl (C=O) groups excluding carboxylic acids is 1. The van der Waals surface area contributed by atoms with Gasteiger partial charge in [0.25, 0.3) is 5.91 Å². The number of methoxy groups -OCH3 is 1. The fourth-order valence-corrected chi connectivity index (χ4v) is 2.77. The van der Waals surface area contributed by atoms with Gasteiger partial charge in [-0.3, -0.25) is 4.79 Å². The van der Waals surface area contributed by atoms with Crippen molar-refractivity contribution in [3.05, 3.63) is 95.1 Å². The van der Waals surface area contributed by atoms with E-state index in [1.807, 2.05) is 43.3 Å². The van der Waals surface area contributed by atoms with E-state index in [1.54, 1.807) is 31.4 Å². The molecule has 0 fully saturated rings. The van der Waals surface area contributed by atoms with E-state index in [4.69, 9.17) is 9.47 Å². The molecule has 3 aromatic carbocycles. The van der Waals surface area contributed by atoms with Crippen molar-refractivity contribution in [3.63, 3.8) is 0 Å². The molecule has 5 nitrogen and oxygen atoms in total. The molecule has 148 valence electrons. The number of carbonyl (C=O) groups is 1. The molecule has 0 atom stereocenters. The molecule has 0 spiro atoms. The van der Waals surface area contributed by atoms with Crippen molar-refractivity contribution in [1.29, 1.82) is 0 Å². The number of aryl methyl sites for hydroxylation is 1. The summed E-state index contributed by atoms with van der Waals surface area (Å²) in [4.78, 5) is 12.3. The van der Waals surface area contributed by atoms with Crippen molar-refractivity contribution in [2.45, 2.75) is 20.5 Å². The molecule has 0 radical (unpaired) electrons. The highest BCUT2D eigenvalue weighted by Gasteiger charge is 2.06. The van der Waals surface area contributed by atoms with E-state index >= 15 is 0 Å². The Morgan fingerprint density at radius 2 is 1.59 bits per heavy atom. The maximum Gasteiger partial charge on any atom is 0.271 e. The summed E-state index contributed by atoms with van der Waals surface area (Å²) >= 11 is 0. The van der Waals surface area contributed by atoms with Gasteiger partial charge in [0.1, 0.15) is 18.1 Å². The Labute approximate surface area is 171 Å². The summed E-state index contributed by atoms with van der Waals surface area (Å²) in [7, 11) is 1.62. The zero-order chi connectivity index (χ0) is 20.6. The lowest BCUT2D eigenvalue weighted by Crippen LogP contribution is -2.19. The topological polar surface area (TPSA) is 59.9 Å². The minimum absolute atomic E-state index is 0.275. The van der Waals surface area contributed by atoms with E-state index in [1.165, 1.54) is 5.56 Å². The quantitative estimate of drug-likeness (QED) is 0.470. The smallest absolute Gasteiger partial charge is 0.271 e. The molecule has 0 bridgehead atoms. The van der Waals surface area contributed by atoms with Gasteiger partial charge in [-0.25, -0.2) is 5.43 Å². The van der Waals surface area contributed by atoms with Crippen molar-refractivity contribution >= 4 is 11.6 Å². The zero-order valence-corrected chi connectivity index (χ0v) is 16.8. The number of amides is 1. The minimum Gasteiger partial charge on any atom is -0.497 e. The van der Waals surface area contributed by atoms with Gasteiger partial charge in [0.2, 0.25) is 0 Å². The van der Waals surface area contributed by atoms with Gasteiger partial charge in [0, 0.05) is 5.56 Å². The van der Waals surface area contributed by atoms with E-state index < -0.39 is 0 Å². The van der Waals surface area contributed by atoms with Crippen LogP contribution in [0, 0.1) is 6.92 Å². The van der Waals surface area contributed by atoms with Crippen LogP contribution in [0.5, 0.6) is 11.5 Å². The van der Waals surface area contributed by atoms with Crippen molar-refractivity contribution in [3.8, 4) is 11.5 Å². The predicted octanol–water partition coefficient (Wildman–Crippen LogP) is 4.74. The average molecular weight is 388 g/mol. The second-order valence-electron chi connectivity index (χ2n) is 6.67. The van der Waals surface area contributed by atoms with Crippen LogP contribution < -0.4 is 14.9 Å². The van der Waals surface area contributed by atoms with Gasteiger partial charge < -0.3 is 9.47 Å². The van der Waals surface area contributed by atoms with E-state index in [9.17, 15) is 4.79 Å². The Bertz CT molecular complexity index is 993. The summed E-state index contributed by atoms with van der Waals surface area (Å²) in [6.45, 7) is 4.37. The van der Waals surface area contributed by atoms with Gasteiger partial charge in [0.05, 0.1) is 12.8 Å². The summed E-state index contributed by atoms with van der Waals surface area (Å²) < 4.78 is 10.9. The monoisotopic (exact) mass is 388 g/mol. The second-order valence-corrected chi connectivity index (χ2v) is 6.67. The van der Waals surface area contributed by atoms with E-state index in [2.05, 4.69) is 29.6 Å². The first-order valence-corrected chi connectivity index (χ1v) is 9.32. The third-order valence-electron chi connectivity index (χ3n) is 4.44. The van der Waals surface area contributed by atoms with Crippen molar-refractivity contribution in [2.24, 2.45) is 5.10 Å². The Hall–Kier alpha value is -3.60. The molecule has 1 amide bonds. The van der Waals surface area contributed by atoms with Gasteiger partial charge in [-0.05, 0) is 73.5 Å². The standard InChI is InChI=1S/C24H24N2O3/c1-17-5-4-6-19(15-17)16-29-23-13-9-21(10-14-23)24(27)26-25-18(2)20-7-11-22(28-3)12-8-20/h4-15H,16H2,1-3H3,(H,26,27)/b25-18+. The molecule has 29 heavy (non-hydrogen) atoms. The molecule has 0 unspecified atom stereocenters. The highest BCUT2D eigenvalue weighted by atomic mass is 16.5. The molecule has 0 saturated carbocycles. The first-order chi connectivity index (χ1) is 14.0. The third-order valence-corrected chi connectivity index (χ3v) is 4.44. The van der Waals surface area contributed by atoms with Crippen LogP contribution >= 0.6 is 0 Å². The summed E-state index contributed by atoms with van der Waals surface area (Å²) in [5, 5.41) is 4.18. The van der Waals surface area contributed by atoms with Crippen molar-refractivity contribution < 1.29 is 14.3 Å². The zero-order valence-electron chi connectivity index (χ0n) is 16.8. The Balaban J connectivity index is 1.56. The number of ether oxygens (including phenoxy) is 2. The van der Waals surface area contributed by atoms with E-state index in [0.717, 1.165) is 16.9 Å². The van der Waals surface area contributed by atoms with Crippen LogP contribution in [0.3, 0.4) is 0 Å². The molecule has 0 aliphatic rings. The molecule has 0 aromatic heterocycles. The Kier molecular flexibility index (Phi) is 6.63. The Morgan fingerprint density at radius 1 is 0.931 bits per heavy atom. The Morgan fingerprint density at radius 3 is 2.24 bits per heavy atom. The molecular weight excluding hydrogens is 364 g/mol. The second kappa shape index (κ2) is 9.55. The summed E-state index contributed by atoms with van der Waals surface area (Å²) in [5.41, 5.74) is 7.02. The largest absolute Gasteiger partial charge is 0.497 e. The minimum atomic E-state index is -0.275. The number of hydrazone groups is 1. The molecule has 0 aliphatic carbocycles. The van der Waals surface area contributed by atoms with Gasteiger partial charge in [-0.1, -0.05) is 29.8 Å². The molecule has 5 heteroatoms. The van der Waals surface area contributed by atoms with E-state index in [-0.39, 0.29) is 5.91 Å². The van der Waals surface area contributed by atoms with Gasteiger partial charge in [0.15, 0.2) is 0 Å². The molecule has 0 saturated heterocycles. The van der Waals surface area contributed by atoms with E-state index in [0.29, 0.717) is 23.6 Å². The van der Waals surface area contributed by atoms with Gasteiger partial charge in [-0.15, -0.1) is 0 Å². The number of nitrogens with one attached hydrogen (secondary N) is 1. The van der Waals surface area contributed by atoms with Crippen LogP contribution in [0.1, 0.15) is 34.0 Å². The van der Waals surface area contributed by atoms with Crippen LogP contribution in [-0.2, 0) is 6.61 Å². The normalized spacial score (nSPS) is 11.1. The van der Waals surface area contributed by atoms with Crippen LogP contribution in [0.15, 0.2) is 77.9 Å². The third kappa shape index (κ3) is 5.69. The number of rotatable bonds is 7. The lowest BCUT2D eigenvalue weighted by Gasteiger charge is -2.08. The first kappa shape index (κ1) is 20.1. The highest BCUT2D eigenvalue weighted by molar-refractivity contribution is 6.00. The summed E-state index contributed by atoms with van der Waals surface area (Å²) in [5.74, 6) is 1.21. The maximum atomic E-state index is 12.3. The summed E-state index contributed by atoms with van der Waals surface area (Å²) in [6, 6.07) is 22.7. The number of nitrogens with zero attached hydrogens (tertiary/aromatic N) is 1. The van der Waals surface area contributed by atoms with Crippen molar-refractivity contribution in [1.82, 2.24) is 5.43 Å².